The van der Waals surface area contributed by atoms with Crippen LogP contribution in [0.2, 0.25) is 0 Å². The molecule has 4 rings (SSSR count). The first-order chi connectivity index (χ1) is 16.5. The van der Waals surface area contributed by atoms with E-state index in [2.05, 4.69) is 31.6 Å². The molecule has 0 saturated heterocycles. The van der Waals surface area contributed by atoms with Crippen molar-refractivity contribution in [3.63, 3.8) is 0 Å². The number of hydrogen-bond donors (Lipinski definition) is 1. The molecule has 1 N–H and O–H groups in total. The number of aromatic nitrogens is 2. The van der Waals surface area contributed by atoms with Crippen LogP contribution < -0.4 is 10.2 Å². The lowest BCUT2D eigenvalue weighted by atomic mass is 10.1. The summed E-state index contributed by atoms with van der Waals surface area (Å²) >= 11 is 3.44. The molecule has 0 fully saturated rings. The highest BCUT2D eigenvalue weighted by molar-refractivity contribution is 9.10. The van der Waals surface area contributed by atoms with Gasteiger partial charge in [0.1, 0.15) is 12.4 Å². The number of nitrogens with zero attached hydrogens (tertiary/aromatic N) is 3. The van der Waals surface area contributed by atoms with Crippen LogP contribution in [0.3, 0.4) is 0 Å². The summed E-state index contributed by atoms with van der Waals surface area (Å²) in [6.45, 7) is 5.03. The first-order valence-corrected chi connectivity index (χ1v) is 11.7. The van der Waals surface area contributed by atoms with Crippen LogP contribution >= 0.6 is 15.9 Å². The zero-order chi connectivity index (χ0) is 23.9. The molecule has 0 radical (unpaired) electrons. The predicted molar refractivity (Wildman–Crippen MR) is 137 cm³/mol. The summed E-state index contributed by atoms with van der Waals surface area (Å²) in [4.78, 5) is 12.7. The Morgan fingerprint density at radius 2 is 1.82 bits per heavy atom. The van der Waals surface area contributed by atoms with Crippen molar-refractivity contribution in [1.29, 1.82) is 0 Å². The zero-order valence-electron chi connectivity index (χ0n) is 19.0. The van der Waals surface area contributed by atoms with Gasteiger partial charge >= 0.3 is 0 Å². The number of rotatable bonds is 8. The summed E-state index contributed by atoms with van der Waals surface area (Å²) in [5, 5.41) is 8.64. The van der Waals surface area contributed by atoms with Gasteiger partial charge in [-0.15, -0.1) is 0 Å². The zero-order valence-corrected chi connectivity index (χ0v) is 20.6. The topological polar surface area (TPSA) is 68.5 Å². The van der Waals surface area contributed by atoms with Gasteiger partial charge in [-0.25, -0.2) is 5.43 Å². The van der Waals surface area contributed by atoms with Crippen molar-refractivity contribution in [2.75, 3.05) is 0 Å². The molecule has 0 aliphatic rings. The standard InChI is InChI=1S/C27H25BrN4O2/c1-19-14-20(2)32(31-19)17-22-6-5-8-23(15-22)27(33)30-29-16-24-7-3-4-9-26(24)34-18-21-10-12-25(28)13-11-21/h3-16H,17-18H2,1-2H3,(H,30,33). The number of benzene rings is 3. The fourth-order valence-electron chi connectivity index (χ4n) is 3.50. The van der Waals surface area contributed by atoms with Crippen LogP contribution in [-0.4, -0.2) is 21.9 Å². The minimum Gasteiger partial charge on any atom is -0.488 e. The fraction of sp³-hybridized carbons (Fsp3) is 0.148. The minimum atomic E-state index is -0.278. The highest BCUT2D eigenvalue weighted by Crippen LogP contribution is 2.19. The molecule has 7 heteroatoms. The van der Waals surface area contributed by atoms with E-state index >= 15 is 0 Å². The summed E-state index contributed by atoms with van der Waals surface area (Å²) in [6, 6.07) is 25.1. The maximum atomic E-state index is 12.7. The third kappa shape index (κ3) is 6.20. The molecular weight excluding hydrogens is 492 g/mol. The van der Waals surface area contributed by atoms with Crippen LogP contribution in [0.5, 0.6) is 5.75 Å². The van der Waals surface area contributed by atoms with Crippen molar-refractivity contribution in [1.82, 2.24) is 15.2 Å². The van der Waals surface area contributed by atoms with Gasteiger partial charge in [-0.3, -0.25) is 9.48 Å². The SMILES string of the molecule is Cc1cc(C)n(Cc2cccc(C(=O)NN=Cc3ccccc3OCc3ccc(Br)cc3)c2)n1. The van der Waals surface area contributed by atoms with Gasteiger partial charge in [0.2, 0.25) is 0 Å². The number of hydrazone groups is 1. The van der Waals surface area contributed by atoms with Crippen molar-refractivity contribution in [3.8, 4) is 5.75 Å². The third-order valence-electron chi connectivity index (χ3n) is 5.22. The van der Waals surface area contributed by atoms with Crippen LogP contribution in [0.25, 0.3) is 0 Å². The van der Waals surface area contributed by atoms with Crippen LogP contribution in [0.4, 0.5) is 0 Å². The molecule has 0 saturated carbocycles. The summed E-state index contributed by atoms with van der Waals surface area (Å²) in [7, 11) is 0. The van der Waals surface area contributed by atoms with Gasteiger partial charge in [-0.2, -0.15) is 10.2 Å². The van der Waals surface area contributed by atoms with E-state index in [4.69, 9.17) is 4.74 Å². The highest BCUT2D eigenvalue weighted by Gasteiger charge is 2.08. The van der Waals surface area contributed by atoms with Crippen LogP contribution in [0, 0.1) is 13.8 Å². The van der Waals surface area contributed by atoms with E-state index in [9.17, 15) is 4.79 Å². The molecule has 0 bridgehead atoms. The van der Waals surface area contributed by atoms with E-state index < -0.39 is 0 Å². The number of nitrogens with one attached hydrogen (secondary N) is 1. The van der Waals surface area contributed by atoms with E-state index in [1.54, 1.807) is 12.3 Å². The number of carbonyl (C=O) groups excluding carboxylic acids is 1. The number of hydrogen-bond acceptors (Lipinski definition) is 4. The van der Waals surface area contributed by atoms with Gasteiger partial charge in [-0.05, 0) is 67.4 Å². The monoisotopic (exact) mass is 516 g/mol. The van der Waals surface area contributed by atoms with E-state index in [-0.39, 0.29) is 5.91 Å². The van der Waals surface area contributed by atoms with Crippen molar-refractivity contribution < 1.29 is 9.53 Å². The second-order valence-electron chi connectivity index (χ2n) is 7.94. The molecule has 172 valence electrons. The van der Waals surface area contributed by atoms with E-state index in [0.29, 0.717) is 24.5 Å². The molecule has 4 aromatic rings. The van der Waals surface area contributed by atoms with Crippen molar-refractivity contribution in [2.45, 2.75) is 27.0 Å². The maximum absolute atomic E-state index is 12.7. The summed E-state index contributed by atoms with van der Waals surface area (Å²) < 4.78 is 8.91. The van der Waals surface area contributed by atoms with Gasteiger partial charge in [0.05, 0.1) is 18.5 Å². The molecule has 0 atom stereocenters. The fourth-order valence-corrected chi connectivity index (χ4v) is 3.77. The molecular formula is C27H25BrN4O2. The van der Waals surface area contributed by atoms with Gasteiger partial charge in [0.15, 0.2) is 0 Å². The molecule has 0 unspecified atom stereocenters. The summed E-state index contributed by atoms with van der Waals surface area (Å²) in [6.07, 6.45) is 1.59. The van der Waals surface area contributed by atoms with Crippen molar-refractivity contribution in [3.05, 3.63) is 117 Å². The molecule has 1 amide bonds. The largest absolute Gasteiger partial charge is 0.488 e. The second kappa shape index (κ2) is 10.9. The van der Waals surface area contributed by atoms with E-state index in [1.807, 2.05) is 91.3 Å². The Hall–Kier alpha value is -3.71. The predicted octanol–water partition coefficient (Wildman–Crippen LogP) is 5.65. The molecule has 1 heterocycles. The second-order valence-corrected chi connectivity index (χ2v) is 8.85. The molecule has 34 heavy (non-hydrogen) atoms. The number of aryl methyl sites for hydroxylation is 2. The number of amides is 1. The highest BCUT2D eigenvalue weighted by atomic mass is 79.9. The Labute approximate surface area is 207 Å². The van der Waals surface area contributed by atoms with Crippen LogP contribution in [0.1, 0.15) is 38.4 Å². The molecule has 0 aliphatic carbocycles. The Morgan fingerprint density at radius 3 is 2.59 bits per heavy atom. The van der Waals surface area contributed by atoms with Crippen LogP contribution in [-0.2, 0) is 13.2 Å². The minimum absolute atomic E-state index is 0.278. The first kappa shape index (κ1) is 23.4. The first-order valence-electron chi connectivity index (χ1n) is 10.9. The molecule has 1 aromatic heterocycles. The van der Waals surface area contributed by atoms with Gasteiger partial charge in [0.25, 0.3) is 5.91 Å². The van der Waals surface area contributed by atoms with Crippen LogP contribution in [0.15, 0.2) is 88.4 Å². The Kier molecular flexibility index (Phi) is 7.54. The van der Waals surface area contributed by atoms with Gasteiger partial charge in [-0.1, -0.05) is 52.3 Å². The van der Waals surface area contributed by atoms with E-state index in [0.717, 1.165) is 32.6 Å². The molecule has 3 aromatic carbocycles. The quantitative estimate of drug-likeness (QED) is 0.243. The van der Waals surface area contributed by atoms with Crippen molar-refractivity contribution >= 4 is 28.1 Å². The summed E-state index contributed by atoms with van der Waals surface area (Å²) in [5.74, 6) is 0.412. The van der Waals surface area contributed by atoms with Gasteiger partial charge < -0.3 is 4.74 Å². The average Bonchev–Trinajstić information content (AvgIpc) is 3.15. The number of para-hydroxylation sites is 1. The van der Waals surface area contributed by atoms with Crippen molar-refractivity contribution in [2.24, 2.45) is 5.10 Å². The molecule has 0 aliphatic heterocycles. The lowest BCUT2D eigenvalue weighted by molar-refractivity contribution is 0.0955. The smallest absolute Gasteiger partial charge is 0.271 e. The van der Waals surface area contributed by atoms with E-state index in [1.165, 1.54) is 0 Å². The normalized spacial score (nSPS) is 11.0. The lowest BCUT2D eigenvalue weighted by Gasteiger charge is -2.09. The Morgan fingerprint density at radius 1 is 1.03 bits per heavy atom. The number of halogens is 1. The summed E-state index contributed by atoms with van der Waals surface area (Å²) in [5.41, 5.74) is 8.03. The maximum Gasteiger partial charge on any atom is 0.271 e. The number of carbonyl (C=O) groups is 1. The average molecular weight is 517 g/mol. The Bertz CT molecular complexity index is 1310. The number of ether oxygens (including phenoxy) is 1. The third-order valence-corrected chi connectivity index (χ3v) is 5.75. The Balaban J connectivity index is 1.38. The van der Waals surface area contributed by atoms with Gasteiger partial charge in [0, 0.05) is 21.3 Å². The lowest BCUT2D eigenvalue weighted by Crippen LogP contribution is -2.18. The molecule has 6 nitrogen and oxygen atoms in total. The molecule has 0 spiro atoms.